The molecule has 122 valence electrons. The first-order valence-electron chi connectivity index (χ1n) is 8.45. The van der Waals surface area contributed by atoms with Gasteiger partial charge < -0.3 is 9.47 Å². The quantitative estimate of drug-likeness (QED) is 0.546. The average molecular weight is 294 g/mol. The predicted molar refractivity (Wildman–Crippen MR) is 92.0 cm³/mol. The van der Waals surface area contributed by atoms with Crippen LogP contribution in [-0.4, -0.2) is 12.9 Å². The number of benzene rings is 1. The van der Waals surface area contributed by atoms with Gasteiger partial charge in [0.15, 0.2) is 6.29 Å². The second-order valence-corrected chi connectivity index (χ2v) is 5.44. The van der Waals surface area contributed by atoms with Crippen LogP contribution in [-0.2, 0) is 4.74 Å². The van der Waals surface area contributed by atoms with Gasteiger partial charge in [-0.25, -0.2) is 0 Å². The highest BCUT2D eigenvalue weighted by Crippen LogP contribution is 2.28. The van der Waals surface area contributed by atoms with Gasteiger partial charge in [-0.2, -0.15) is 0 Å². The highest BCUT2D eigenvalue weighted by atomic mass is 16.7. The van der Waals surface area contributed by atoms with Gasteiger partial charge in [-0.1, -0.05) is 46.8 Å². The molecule has 1 aromatic carbocycles. The van der Waals surface area contributed by atoms with Crippen molar-refractivity contribution in [2.24, 2.45) is 5.92 Å². The Balaban J connectivity index is 0.00000191. The molecule has 0 aliphatic rings. The molecule has 1 rings (SSSR count). The monoisotopic (exact) mass is 294 g/mol. The Morgan fingerprint density at radius 1 is 0.952 bits per heavy atom. The molecule has 0 aliphatic carbocycles. The second-order valence-electron chi connectivity index (χ2n) is 5.44. The molecule has 0 amide bonds. The maximum atomic E-state index is 5.68. The van der Waals surface area contributed by atoms with Crippen molar-refractivity contribution in [3.05, 3.63) is 29.8 Å². The molecule has 0 saturated carbocycles. The van der Waals surface area contributed by atoms with Crippen LogP contribution >= 0.6 is 0 Å². The average Bonchev–Trinajstić information content (AvgIpc) is 2.48. The number of ether oxygens (including phenoxy) is 2. The van der Waals surface area contributed by atoms with Gasteiger partial charge in [-0.15, -0.1) is 0 Å². The van der Waals surface area contributed by atoms with Crippen molar-refractivity contribution in [2.45, 2.75) is 73.5 Å². The summed E-state index contributed by atoms with van der Waals surface area (Å²) < 4.78 is 11.1. The Morgan fingerprint density at radius 3 is 1.95 bits per heavy atom. The Hall–Kier alpha value is -1.02. The van der Waals surface area contributed by atoms with E-state index in [4.69, 9.17) is 9.47 Å². The molecule has 0 spiro atoms. The van der Waals surface area contributed by atoms with E-state index < -0.39 is 0 Å². The van der Waals surface area contributed by atoms with Crippen molar-refractivity contribution in [3.8, 4) is 5.75 Å². The van der Waals surface area contributed by atoms with E-state index in [2.05, 4.69) is 32.9 Å². The minimum absolute atomic E-state index is 0.187. The summed E-state index contributed by atoms with van der Waals surface area (Å²) >= 11 is 0. The fraction of sp³-hybridized carbons (Fsp3) is 0.684. The SMILES string of the molecule is CC.CCOC(C)Oc1ccc(C(CC)CC(C)C)cc1. The standard InChI is InChI=1S/C17H28O2.C2H6/c1-6-15(12-13(3)4)16-8-10-17(11-9-16)19-14(5)18-7-2;1-2/h8-11,13-15H,6-7,12H2,1-5H3;1-2H3. The number of rotatable bonds is 8. The lowest BCUT2D eigenvalue weighted by atomic mass is 9.88. The molecule has 0 aromatic heterocycles. The van der Waals surface area contributed by atoms with Gasteiger partial charge in [-0.05, 0) is 56.2 Å². The van der Waals surface area contributed by atoms with Crippen LogP contribution in [0.4, 0.5) is 0 Å². The van der Waals surface area contributed by atoms with E-state index in [1.54, 1.807) is 0 Å². The molecular formula is C19H34O2. The van der Waals surface area contributed by atoms with E-state index in [0.29, 0.717) is 12.5 Å². The molecule has 2 atom stereocenters. The Morgan fingerprint density at radius 2 is 1.52 bits per heavy atom. The molecule has 1 aromatic rings. The van der Waals surface area contributed by atoms with Crippen molar-refractivity contribution < 1.29 is 9.47 Å². The molecule has 0 fully saturated rings. The maximum Gasteiger partial charge on any atom is 0.196 e. The lowest BCUT2D eigenvalue weighted by Crippen LogP contribution is -2.15. The van der Waals surface area contributed by atoms with Crippen LogP contribution in [0.1, 0.15) is 72.8 Å². The molecule has 0 heterocycles. The van der Waals surface area contributed by atoms with Crippen LogP contribution in [0.25, 0.3) is 0 Å². The van der Waals surface area contributed by atoms with Crippen molar-refractivity contribution in [1.82, 2.24) is 0 Å². The van der Waals surface area contributed by atoms with Crippen molar-refractivity contribution in [1.29, 1.82) is 0 Å². The molecule has 0 bridgehead atoms. The highest BCUT2D eigenvalue weighted by molar-refractivity contribution is 5.29. The zero-order chi connectivity index (χ0) is 16.3. The van der Waals surface area contributed by atoms with Gasteiger partial charge in [-0.3, -0.25) is 0 Å². The predicted octanol–water partition coefficient (Wildman–Crippen LogP) is 6.01. The van der Waals surface area contributed by atoms with E-state index in [0.717, 1.165) is 11.7 Å². The van der Waals surface area contributed by atoms with E-state index in [-0.39, 0.29) is 6.29 Å². The number of hydrogen-bond donors (Lipinski definition) is 0. The van der Waals surface area contributed by atoms with Crippen molar-refractivity contribution in [3.63, 3.8) is 0 Å². The van der Waals surface area contributed by atoms with Gasteiger partial charge in [0.2, 0.25) is 0 Å². The second kappa shape index (κ2) is 11.6. The van der Waals surface area contributed by atoms with Crippen LogP contribution in [0, 0.1) is 5.92 Å². The first-order chi connectivity index (χ1) is 10.1. The molecule has 0 N–H and O–H groups in total. The molecule has 0 saturated heterocycles. The van der Waals surface area contributed by atoms with Crippen LogP contribution in [0.5, 0.6) is 5.75 Å². The zero-order valence-electron chi connectivity index (χ0n) is 15.0. The van der Waals surface area contributed by atoms with E-state index in [1.807, 2.05) is 39.8 Å². The Labute approximate surface area is 131 Å². The lowest BCUT2D eigenvalue weighted by Gasteiger charge is -2.19. The minimum Gasteiger partial charge on any atom is -0.465 e. The van der Waals surface area contributed by atoms with E-state index in [9.17, 15) is 0 Å². The fourth-order valence-electron chi connectivity index (χ4n) is 2.39. The van der Waals surface area contributed by atoms with Gasteiger partial charge in [0.05, 0.1) is 0 Å². The zero-order valence-corrected chi connectivity index (χ0v) is 15.0. The van der Waals surface area contributed by atoms with Crippen molar-refractivity contribution >= 4 is 0 Å². The normalized spacial score (nSPS) is 13.3. The summed E-state index contributed by atoms with van der Waals surface area (Å²) in [7, 11) is 0. The molecule has 21 heavy (non-hydrogen) atoms. The van der Waals surface area contributed by atoms with Crippen LogP contribution in [0.2, 0.25) is 0 Å². The Kier molecular flexibility index (Phi) is 11.1. The van der Waals surface area contributed by atoms with Gasteiger partial charge in [0, 0.05) is 6.61 Å². The molecule has 2 heteroatoms. The number of hydrogen-bond acceptors (Lipinski definition) is 2. The van der Waals surface area contributed by atoms with E-state index >= 15 is 0 Å². The summed E-state index contributed by atoms with van der Waals surface area (Å²) in [4.78, 5) is 0. The Bertz CT molecular complexity index is 343. The molecular weight excluding hydrogens is 260 g/mol. The summed E-state index contributed by atoms with van der Waals surface area (Å²) in [6.07, 6.45) is 2.24. The lowest BCUT2D eigenvalue weighted by molar-refractivity contribution is -0.0613. The molecule has 0 aliphatic heterocycles. The van der Waals surface area contributed by atoms with E-state index in [1.165, 1.54) is 18.4 Å². The minimum atomic E-state index is -0.187. The highest BCUT2D eigenvalue weighted by Gasteiger charge is 2.11. The summed E-state index contributed by atoms with van der Waals surface area (Å²) in [5.74, 6) is 2.27. The third-order valence-corrected chi connectivity index (χ3v) is 3.30. The van der Waals surface area contributed by atoms with Crippen LogP contribution < -0.4 is 4.74 Å². The first kappa shape index (κ1) is 20.0. The van der Waals surface area contributed by atoms with Gasteiger partial charge >= 0.3 is 0 Å². The third kappa shape index (κ3) is 8.11. The fourth-order valence-corrected chi connectivity index (χ4v) is 2.39. The van der Waals surface area contributed by atoms with Crippen LogP contribution in [0.3, 0.4) is 0 Å². The molecule has 2 nitrogen and oxygen atoms in total. The molecule has 0 radical (unpaired) electrons. The summed E-state index contributed by atoms with van der Waals surface area (Å²) in [6.45, 7) is 15.4. The summed E-state index contributed by atoms with van der Waals surface area (Å²) in [6, 6.07) is 8.47. The van der Waals surface area contributed by atoms with Gasteiger partial charge in [0.25, 0.3) is 0 Å². The topological polar surface area (TPSA) is 18.5 Å². The van der Waals surface area contributed by atoms with Gasteiger partial charge in [0.1, 0.15) is 5.75 Å². The maximum absolute atomic E-state index is 5.68. The largest absolute Gasteiger partial charge is 0.465 e. The smallest absolute Gasteiger partial charge is 0.196 e. The summed E-state index contributed by atoms with van der Waals surface area (Å²) in [5.41, 5.74) is 1.41. The van der Waals surface area contributed by atoms with Crippen LogP contribution in [0.15, 0.2) is 24.3 Å². The third-order valence-electron chi connectivity index (χ3n) is 3.30. The summed E-state index contributed by atoms with van der Waals surface area (Å²) in [5, 5.41) is 0. The first-order valence-corrected chi connectivity index (χ1v) is 8.45. The molecule has 2 unspecified atom stereocenters. The van der Waals surface area contributed by atoms with Crippen molar-refractivity contribution in [2.75, 3.05) is 6.61 Å².